The Morgan fingerprint density at radius 3 is 2.29 bits per heavy atom. The van der Waals surface area contributed by atoms with Crippen LogP contribution in [0.5, 0.6) is 11.5 Å². The van der Waals surface area contributed by atoms with Gasteiger partial charge in [-0.25, -0.2) is 0 Å². The molecule has 1 aromatic rings. The fraction of sp³-hybridized carbons (Fsp3) is 0.538. The van der Waals surface area contributed by atoms with Crippen LogP contribution in [0.4, 0.5) is 13.2 Å². The lowest BCUT2D eigenvalue weighted by molar-refractivity contribution is -0.175. The standard InChI is InChI=1S/C13H16BrF3O4/c1-19-11-5-8(9(14)6-12(11)20-2)10(18)3-4-21-7-13(15,16)17/h5-6,10,18H,3-4,7H2,1-2H3. The Balaban J connectivity index is 2.67. The molecule has 0 aliphatic carbocycles. The van der Waals surface area contributed by atoms with Crippen molar-refractivity contribution in [1.82, 2.24) is 0 Å². The van der Waals surface area contributed by atoms with Gasteiger partial charge in [-0.3, -0.25) is 0 Å². The van der Waals surface area contributed by atoms with Gasteiger partial charge in [0.2, 0.25) is 0 Å². The Bertz CT molecular complexity index is 465. The van der Waals surface area contributed by atoms with Gasteiger partial charge in [-0.05, 0) is 17.7 Å². The van der Waals surface area contributed by atoms with Gasteiger partial charge in [0.15, 0.2) is 11.5 Å². The Hall–Kier alpha value is -0.990. The zero-order chi connectivity index (χ0) is 16.0. The third-order valence-electron chi connectivity index (χ3n) is 2.66. The second kappa shape index (κ2) is 7.86. The van der Waals surface area contributed by atoms with E-state index in [1.54, 1.807) is 12.1 Å². The van der Waals surface area contributed by atoms with E-state index in [1.807, 2.05) is 0 Å². The van der Waals surface area contributed by atoms with Crippen LogP contribution in [0.25, 0.3) is 0 Å². The fourth-order valence-electron chi connectivity index (χ4n) is 1.66. The number of benzene rings is 1. The van der Waals surface area contributed by atoms with E-state index in [9.17, 15) is 18.3 Å². The molecule has 0 aromatic heterocycles. The summed E-state index contributed by atoms with van der Waals surface area (Å²) in [5, 5.41) is 10.0. The Morgan fingerprint density at radius 1 is 1.19 bits per heavy atom. The van der Waals surface area contributed by atoms with Crippen LogP contribution in [0.15, 0.2) is 16.6 Å². The molecule has 1 rings (SSSR count). The second-order valence-corrected chi connectivity index (χ2v) is 5.06. The molecule has 120 valence electrons. The van der Waals surface area contributed by atoms with Crippen molar-refractivity contribution >= 4 is 15.9 Å². The summed E-state index contributed by atoms with van der Waals surface area (Å²) in [6.07, 6.45) is -5.31. The maximum absolute atomic E-state index is 11.9. The van der Waals surface area contributed by atoms with Crippen LogP contribution in [-0.4, -0.2) is 38.7 Å². The summed E-state index contributed by atoms with van der Waals surface area (Å²) in [4.78, 5) is 0. The van der Waals surface area contributed by atoms with Crippen LogP contribution in [0.3, 0.4) is 0 Å². The molecule has 0 saturated heterocycles. The number of aliphatic hydroxyl groups excluding tert-OH is 1. The molecule has 0 fully saturated rings. The second-order valence-electron chi connectivity index (χ2n) is 4.20. The Morgan fingerprint density at radius 2 is 1.76 bits per heavy atom. The van der Waals surface area contributed by atoms with E-state index in [4.69, 9.17) is 9.47 Å². The minimum Gasteiger partial charge on any atom is -0.493 e. The minimum absolute atomic E-state index is 0.0319. The van der Waals surface area contributed by atoms with Gasteiger partial charge in [0.1, 0.15) is 6.61 Å². The summed E-state index contributed by atoms with van der Waals surface area (Å²) in [7, 11) is 2.93. The number of aliphatic hydroxyl groups is 1. The molecule has 0 amide bonds. The zero-order valence-electron chi connectivity index (χ0n) is 11.5. The zero-order valence-corrected chi connectivity index (χ0v) is 13.1. The predicted molar refractivity (Wildman–Crippen MR) is 73.7 cm³/mol. The maximum Gasteiger partial charge on any atom is 0.411 e. The van der Waals surface area contributed by atoms with E-state index in [-0.39, 0.29) is 13.0 Å². The van der Waals surface area contributed by atoms with Gasteiger partial charge in [-0.2, -0.15) is 13.2 Å². The summed E-state index contributed by atoms with van der Waals surface area (Å²) < 4.78 is 51.0. The molecule has 8 heteroatoms. The van der Waals surface area contributed by atoms with Crippen LogP contribution in [-0.2, 0) is 4.74 Å². The normalized spacial score (nSPS) is 13.1. The SMILES string of the molecule is COc1cc(Br)c(C(O)CCOCC(F)(F)F)cc1OC. The average molecular weight is 373 g/mol. The highest BCUT2D eigenvalue weighted by atomic mass is 79.9. The quantitative estimate of drug-likeness (QED) is 0.744. The lowest BCUT2D eigenvalue weighted by Gasteiger charge is -2.16. The van der Waals surface area contributed by atoms with Gasteiger partial charge < -0.3 is 19.3 Å². The van der Waals surface area contributed by atoms with E-state index in [2.05, 4.69) is 20.7 Å². The van der Waals surface area contributed by atoms with E-state index < -0.39 is 18.9 Å². The van der Waals surface area contributed by atoms with Gasteiger partial charge in [-0.1, -0.05) is 15.9 Å². The van der Waals surface area contributed by atoms with E-state index >= 15 is 0 Å². The number of rotatable bonds is 7. The lowest BCUT2D eigenvalue weighted by atomic mass is 10.1. The largest absolute Gasteiger partial charge is 0.493 e. The van der Waals surface area contributed by atoms with E-state index in [0.29, 0.717) is 21.5 Å². The topological polar surface area (TPSA) is 47.9 Å². The molecule has 0 radical (unpaired) electrons. The molecular weight excluding hydrogens is 357 g/mol. The van der Waals surface area contributed by atoms with Gasteiger partial charge in [-0.15, -0.1) is 0 Å². The molecule has 0 bridgehead atoms. The number of hydrogen-bond donors (Lipinski definition) is 1. The number of hydrogen-bond acceptors (Lipinski definition) is 4. The summed E-state index contributed by atoms with van der Waals surface area (Å²) in [6, 6.07) is 3.19. The first-order valence-electron chi connectivity index (χ1n) is 6.02. The fourth-order valence-corrected chi connectivity index (χ4v) is 2.25. The number of halogens is 4. The van der Waals surface area contributed by atoms with E-state index in [0.717, 1.165) is 0 Å². The van der Waals surface area contributed by atoms with E-state index in [1.165, 1.54) is 14.2 Å². The smallest absolute Gasteiger partial charge is 0.411 e. The molecule has 0 aliphatic heterocycles. The average Bonchev–Trinajstić information content (AvgIpc) is 2.41. The number of ether oxygens (including phenoxy) is 3. The van der Waals surface area contributed by atoms with Gasteiger partial charge in [0.05, 0.1) is 20.3 Å². The van der Waals surface area contributed by atoms with Crippen molar-refractivity contribution in [1.29, 1.82) is 0 Å². The number of methoxy groups -OCH3 is 2. The molecule has 0 saturated carbocycles. The lowest BCUT2D eigenvalue weighted by Crippen LogP contribution is -2.18. The Kier molecular flexibility index (Phi) is 6.76. The monoisotopic (exact) mass is 372 g/mol. The third-order valence-corrected chi connectivity index (χ3v) is 3.35. The molecular formula is C13H16BrF3O4. The molecule has 21 heavy (non-hydrogen) atoms. The van der Waals surface area contributed by atoms with Gasteiger partial charge in [0.25, 0.3) is 0 Å². The first-order valence-corrected chi connectivity index (χ1v) is 6.81. The molecule has 0 heterocycles. The summed E-state index contributed by atoms with van der Waals surface area (Å²) in [5.74, 6) is 0.902. The molecule has 0 spiro atoms. The first kappa shape index (κ1) is 18.1. The predicted octanol–water partition coefficient (Wildman–Crippen LogP) is 3.47. The van der Waals surface area contributed by atoms with Crippen LogP contribution in [0.1, 0.15) is 18.1 Å². The highest BCUT2D eigenvalue weighted by Crippen LogP contribution is 2.36. The maximum atomic E-state index is 11.9. The van der Waals surface area contributed by atoms with Crippen molar-refractivity contribution in [2.75, 3.05) is 27.4 Å². The number of alkyl halides is 3. The van der Waals surface area contributed by atoms with Gasteiger partial charge >= 0.3 is 6.18 Å². The summed E-state index contributed by atoms with van der Waals surface area (Å²) >= 11 is 3.28. The molecule has 4 nitrogen and oxygen atoms in total. The van der Waals surface area contributed by atoms with Crippen molar-refractivity contribution in [3.63, 3.8) is 0 Å². The summed E-state index contributed by atoms with van der Waals surface area (Å²) in [6.45, 7) is -1.53. The first-order chi connectivity index (χ1) is 9.78. The molecule has 1 atom stereocenters. The highest BCUT2D eigenvalue weighted by molar-refractivity contribution is 9.10. The van der Waals surface area contributed by atoms with Crippen LogP contribution in [0, 0.1) is 0 Å². The third kappa shape index (κ3) is 5.72. The van der Waals surface area contributed by atoms with Crippen molar-refractivity contribution in [3.8, 4) is 11.5 Å². The summed E-state index contributed by atoms with van der Waals surface area (Å²) in [5.41, 5.74) is 0.489. The van der Waals surface area contributed by atoms with Crippen molar-refractivity contribution in [3.05, 3.63) is 22.2 Å². The Labute approximate surface area is 128 Å². The molecule has 1 N–H and O–H groups in total. The van der Waals surface area contributed by atoms with Crippen LogP contribution in [0.2, 0.25) is 0 Å². The van der Waals surface area contributed by atoms with Crippen LogP contribution < -0.4 is 9.47 Å². The molecule has 0 aliphatic rings. The van der Waals surface area contributed by atoms with Crippen molar-refractivity contribution < 1.29 is 32.5 Å². The van der Waals surface area contributed by atoms with Crippen LogP contribution >= 0.6 is 15.9 Å². The molecule has 1 aromatic carbocycles. The van der Waals surface area contributed by atoms with Gasteiger partial charge in [0, 0.05) is 17.5 Å². The minimum atomic E-state index is -4.37. The van der Waals surface area contributed by atoms with Crippen molar-refractivity contribution in [2.24, 2.45) is 0 Å². The van der Waals surface area contributed by atoms with Crippen molar-refractivity contribution in [2.45, 2.75) is 18.7 Å². The molecule has 1 unspecified atom stereocenters. The highest BCUT2D eigenvalue weighted by Gasteiger charge is 2.27.